The molecule has 0 bridgehead atoms. The fourth-order valence-electron chi connectivity index (χ4n) is 7.57. The minimum absolute atomic E-state index is 0.0645. The summed E-state index contributed by atoms with van der Waals surface area (Å²) in [5.74, 6) is 2.00. The maximum atomic E-state index is 13.7. The van der Waals surface area contributed by atoms with E-state index in [0.717, 1.165) is 64.1 Å². The van der Waals surface area contributed by atoms with Crippen molar-refractivity contribution in [3.8, 4) is 11.5 Å². The molecule has 54 heavy (non-hydrogen) atoms. The predicted molar refractivity (Wildman–Crippen MR) is 236 cm³/mol. The molecule has 0 aliphatic heterocycles. The fraction of sp³-hybridized carbons (Fsp3) is 0.760. The average molecular weight is 750 g/mol. The van der Waals surface area contributed by atoms with E-state index < -0.39 is 11.6 Å². The first-order chi connectivity index (χ1) is 25.0. The van der Waals surface area contributed by atoms with Gasteiger partial charge < -0.3 is 20.3 Å². The van der Waals surface area contributed by atoms with Gasteiger partial charge in [-0.05, 0) is 75.8 Å². The molecular weight excluding hydrogens is 663 g/mol. The van der Waals surface area contributed by atoms with Gasteiger partial charge in [0.05, 0.1) is 13.2 Å². The summed E-state index contributed by atoms with van der Waals surface area (Å²) >= 11 is 0. The summed E-state index contributed by atoms with van der Waals surface area (Å²) < 4.78 is 13.6. The predicted octanol–water partition coefficient (Wildman–Crippen LogP) is 14.0. The lowest BCUT2D eigenvalue weighted by Gasteiger charge is -2.42. The lowest BCUT2D eigenvalue weighted by molar-refractivity contribution is 0.0310. The Balaban J connectivity index is 2.93. The molecule has 2 aromatic rings. The lowest BCUT2D eigenvalue weighted by Crippen LogP contribution is -2.50. The molecule has 4 heteroatoms. The summed E-state index contributed by atoms with van der Waals surface area (Å²) in [6.07, 6.45) is 15.5. The normalized spacial score (nSPS) is 14.3. The SMILES string of the molecule is CCCCCCCCOc1c(C(C)(C)C)cc(C(O)(c2cc(C(C)(C)C)c(OCCCCCCCC)c(C(C)(C)C)c2)C(N)C(C)CC)cc1C(C)(C)C. The van der Waals surface area contributed by atoms with Crippen molar-refractivity contribution in [3.63, 3.8) is 0 Å². The van der Waals surface area contributed by atoms with Gasteiger partial charge >= 0.3 is 0 Å². The minimum Gasteiger partial charge on any atom is -0.493 e. The Morgan fingerprint density at radius 1 is 0.500 bits per heavy atom. The number of nitrogens with two attached hydrogens (primary N) is 1. The largest absolute Gasteiger partial charge is 0.493 e. The number of aliphatic hydroxyl groups is 1. The van der Waals surface area contributed by atoms with Gasteiger partial charge in [0.25, 0.3) is 0 Å². The zero-order valence-corrected chi connectivity index (χ0v) is 38.4. The number of hydrogen-bond donors (Lipinski definition) is 2. The molecule has 0 aromatic heterocycles. The molecule has 0 aliphatic rings. The van der Waals surface area contributed by atoms with E-state index in [1.54, 1.807) is 0 Å². The van der Waals surface area contributed by atoms with Gasteiger partial charge in [0.2, 0.25) is 0 Å². The molecule has 0 fully saturated rings. The summed E-state index contributed by atoms with van der Waals surface area (Å²) in [6.45, 7) is 37.4. The van der Waals surface area contributed by atoms with Gasteiger partial charge in [-0.25, -0.2) is 0 Å². The molecule has 310 valence electrons. The fourth-order valence-corrected chi connectivity index (χ4v) is 7.57. The maximum Gasteiger partial charge on any atom is 0.130 e. The van der Waals surface area contributed by atoms with Crippen LogP contribution in [-0.4, -0.2) is 24.4 Å². The van der Waals surface area contributed by atoms with Crippen LogP contribution in [0.5, 0.6) is 11.5 Å². The third kappa shape index (κ3) is 13.0. The highest BCUT2D eigenvalue weighted by molar-refractivity contribution is 5.58. The number of rotatable bonds is 21. The van der Waals surface area contributed by atoms with Crippen LogP contribution in [0.1, 0.15) is 228 Å². The average Bonchev–Trinajstić information content (AvgIpc) is 3.07. The molecule has 0 saturated heterocycles. The molecule has 2 rings (SSSR count). The van der Waals surface area contributed by atoms with Gasteiger partial charge in [-0.3, -0.25) is 0 Å². The summed E-state index contributed by atoms with van der Waals surface area (Å²) in [7, 11) is 0. The van der Waals surface area contributed by atoms with E-state index in [1.165, 1.54) is 64.2 Å². The van der Waals surface area contributed by atoms with Gasteiger partial charge in [-0.2, -0.15) is 0 Å². The Morgan fingerprint density at radius 2 is 0.778 bits per heavy atom. The summed E-state index contributed by atoms with van der Waals surface area (Å²) in [6, 6.07) is 8.36. The van der Waals surface area contributed by atoms with E-state index >= 15 is 0 Å². The summed E-state index contributed by atoms with van der Waals surface area (Å²) in [5.41, 5.74) is 11.2. The molecule has 2 unspecified atom stereocenters. The molecule has 0 saturated carbocycles. The Hall–Kier alpha value is -2.04. The van der Waals surface area contributed by atoms with Crippen molar-refractivity contribution in [1.29, 1.82) is 0 Å². The van der Waals surface area contributed by atoms with E-state index in [9.17, 15) is 5.11 Å². The van der Waals surface area contributed by atoms with E-state index in [1.807, 2.05) is 0 Å². The van der Waals surface area contributed by atoms with Crippen LogP contribution in [0.3, 0.4) is 0 Å². The van der Waals surface area contributed by atoms with Crippen molar-refractivity contribution in [1.82, 2.24) is 0 Å². The van der Waals surface area contributed by atoms with E-state index in [0.29, 0.717) is 13.2 Å². The second kappa shape index (κ2) is 20.4. The number of benzene rings is 2. The molecule has 0 radical (unpaired) electrons. The topological polar surface area (TPSA) is 64.7 Å². The number of unbranched alkanes of at least 4 members (excludes halogenated alkanes) is 10. The van der Waals surface area contributed by atoms with Crippen molar-refractivity contribution in [2.75, 3.05) is 13.2 Å². The molecule has 0 heterocycles. The van der Waals surface area contributed by atoms with Crippen molar-refractivity contribution in [2.45, 2.75) is 228 Å². The number of hydrogen-bond acceptors (Lipinski definition) is 4. The maximum absolute atomic E-state index is 13.7. The zero-order valence-electron chi connectivity index (χ0n) is 38.4. The van der Waals surface area contributed by atoms with Crippen LogP contribution in [0.25, 0.3) is 0 Å². The van der Waals surface area contributed by atoms with Crippen LogP contribution in [0.2, 0.25) is 0 Å². The first-order valence-electron chi connectivity index (χ1n) is 22.1. The van der Waals surface area contributed by atoms with Gasteiger partial charge in [0.15, 0.2) is 0 Å². The van der Waals surface area contributed by atoms with E-state index in [4.69, 9.17) is 15.2 Å². The Labute approximate surface area is 335 Å². The second-order valence-corrected chi connectivity index (χ2v) is 20.7. The van der Waals surface area contributed by atoms with Crippen molar-refractivity contribution in [2.24, 2.45) is 11.7 Å². The smallest absolute Gasteiger partial charge is 0.130 e. The molecule has 2 atom stereocenters. The molecule has 0 aliphatic carbocycles. The van der Waals surface area contributed by atoms with Crippen LogP contribution in [0.4, 0.5) is 0 Å². The first-order valence-corrected chi connectivity index (χ1v) is 22.1. The molecule has 4 nitrogen and oxygen atoms in total. The van der Waals surface area contributed by atoms with Crippen LogP contribution >= 0.6 is 0 Å². The second-order valence-electron chi connectivity index (χ2n) is 20.7. The number of ether oxygens (including phenoxy) is 2. The standard InChI is InChI=1S/C50H87NO3/c1-17-20-22-24-26-28-30-53-43-39(46(5,6)7)32-37(33-40(43)47(8,9)10)50(52,45(51)36(4)19-3)38-34-41(48(11,12)13)44(42(35-38)49(14,15)16)54-31-29-27-25-23-21-18-2/h32-36,45,52H,17-31,51H2,1-16H3. The monoisotopic (exact) mass is 750 g/mol. The Kier molecular flexibility index (Phi) is 18.2. The van der Waals surface area contributed by atoms with Gasteiger partial charge in [-0.15, -0.1) is 0 Å². The van der Waals surface area contributed by atoms with Crippen molar-refractivity contribution < 1.29 is 14.6 Å². The van der Waals surface area contributed by atoms with E-state index in [-0.39, 0.29) is 27.6 Å². The first kappa shape index (κ1) is 48.1. The third-order valence-electron chi connectivity index (χ3n) is 11.5. The van der Waals surface area contributed by atoms with Crippen LogP contribution < -0.4 is 15.2 Å². The van der Waals surface area contributed by atoms with Crippen molar-refractivity contribution in [3.05, 3.63) is 57.6 Å². The third-order valence-corrected chi connectivity index (χ3v) is 11.5. The van der Waals surface area contributed by atoms with Gasteiger partial charge in [0.1, 0.15) is 17.1 Å². The zero-order chi connectivity index (χ0) is 41.1. The Morgan fingerprint density at radius 3 is 1.04 bits per heavy atom. The minimum atomic E-state index is -1.47. The van der Waals surface area contributed by atoms with Crippen LogP contribution in [0, 0.1) is 5.92 Å². The highest BCUT2D eigenvalue weighted by atomic mass is 16.5. The van der Waals surface area contributed by atoms with Crippen LogP contribution in [-0.2, 0) is 27.3 Å². The summed E-state index contributed by atoms with van der Waals surface area (Å²) in [4.78, 5) is 0. The van der Waals surface area contributed by atoms with Gasteiger partial charge in [-0.1, -0.05) is 181 Å². The highest BCUT2D eigenvalue weighted by Gasteiger charge is 2.44. The van der Waals surface area contributed by atoms with Gasteiger partial charge in [0, 0.05) is 28.3 Å². The van der Waals surface area contributed by atoms with Crippen LogP contribution in [0.15, 0.2) is 24.3 Å². The highest BCUT2D eigenvalue weighted by Crippen LogP contribution is 2.49. The molecule has 0 spiro atoms. The molecule has 3 N–H and O–H groups in total. The van der Waals surface area contributed by atoms with Crippen molar-refractivity contribution >= 4 is 0 Å². The van der Waals surface area contributed by atoms with E-state index in [2.05, 4.69) is 135 Å². The lowest BCUT2D eigenvalue weighted by atomic mass is 9.69. The molecule has 0 amide bonds. The Bertz CT molecular complexity index is 1240. The summed E-state index contributed by atoms with van der Waals surface area (Å²) in [5, 5.41) is 13.7. The molecular formula is C50H87NO3. The quantitative estimate of drug-likeness (QED) is 0.125. The molecule has 2 aromatic carbocycles.